The summed E-state index contributed by atoms with van der Waals surface area (Å²) in [5.41, 5.74) is 0. The molecule has 1 aromatic heterocycles. The predicted octanol–water partition coefficient (Wildman–Crippen LogP) is 0.741. The molecule has 1 heterocycles. The van der Waals surface area contributed by atoms with Gasteiger partial charge in [0.2, 0.25) is 0 Å². The zero-order valence-corrected chi connectivity index (χ0v) is 5.88. The summed E-state index contributed by atoms with van der Waals surface area (Å²) < 4.78 is 6.29. The number of imidazole rings is 1. The Morgan fingerprint density at radius 1 is 1.73 bits per heavy atom. The molecule has 1 rings (SSSR count). The van der Waals surface area contributed by atoms with E-state index in [-0.39, 0.29) is 0 Å². The lowest BCUT2D eigenvalue weighted by Crippen LogP contribution is -2.06. The molecule has 1 atom stereocenters. The van der Waals surface area contributed by atoms with Crippen LogP contribution in [0.5, 0.6) is 0 Å². The highest BCUT2D eigenvalue weighted by atomic mass is 16.5. The molecule has 0 spiro atoms. The van der Waals surface area contributed by atoms with Gasteiger partial charge in [-0.15, -0.1) is 0 Å². The Morgan fingerprint density at radius 2 is 2.55 bits per heavy atom. The van der Waals surface area contributed by atoms with Gasteiger partial charge in [-0.2, -0.15) is 0 Å². The number of ether oxygens (including phenoxy) is 1. The van der Waals surface area contributed by atoms with Crippen molar-refractivity contribution in [3.05, 3.63) is 31.4 Å². The Hall–Kier alpha value is -1.58. The van der Waals surface area contributed by atoms with Crippen LogP contribution in [0.4, 0.5) is 0 Å². The van der Waals surface area contributed by atoms with E-state index in [1.807, 2.05) is 0 Å². The third kappa shape index (κ3) is 1.67. The largest absolute Gasteiger partial charge is 0.440 e. The van der Waals surface area contributed by atoms with Gasteiger partial charge in [-0.25, -0.2) is 4.98 Å². The first-order valence-electron chi connectivity index (χ1n) is 3.07. The normalized spacial score (nSPS) is 12.0. The third-order valence-electron chi connectivity index (χ3n) is 1.22. The predicted molar refractivity (Wildman–Crippen MR) is 38.6 cm³/mol. The maximum atomic E-state index is 9.97. The average Bonchev–Trinajstić information content (AvgIpc) is 2.52. The van der Waals surface area contributed by atoms with Gasteiger partial charge in [-0.3, -0.25) is 9.36 Å². The summed E-state index contributed by atoms with van der Waals surface area (Å²) in [7, 11) is 0. The molecule has 1 aromatic rings. The van der Waals surface area contributed by atoms with Crippen LogP contribution in [0.25, 0.3) is 0 Å². The number of carbonyl (C=O) groups excluding carboxylic acids is 1. The van der Waals surface area contributed by atoms with Gasteiger partial charge in [0.25, 0.3) is 6.47 Å². The third-order valence-corrected chi connectivity index (χ3v) is 1.22. The lowest BCUT2D eigenvalue weighted by atomic mass is 10.5. The number of nitrogens with zero attached hydrogens (tertiary/aromatic N) is 2. The van der Waals surface area contributed by atoms with Crippen LogP contribution in [-0.4, -0.2) is 16.0 Å². The van der Waals surface area contributed by atoms with Gasteiger partial charge in [-0.1, -0.05) is 6.58 Å². The van der Waals surface area contributed by atoms with E-state index in [0.717, 1.165) is 0 Å². The summed E-state index contributed by atoms with van der Waals surface area (Å²) in [4.78, 5) is 13.8. The molecule has 0 radical (unpaired) electrons. The van der Waals surface area contributed by atoms with E-state index < -0.39 is 6.23 Å². The first-order chi connectivity index (χ1) is 5.38. The highest BCUT2D eigenvalue weighted by Gasteiger charge is 2.03. The monoisotopic (exact) mass is 152 g/mol. The van der Waals surface area contributed by atoms with Gasteiger partial charge in [0.15, 0.2) is 6.23 Å². The molecule has 0 fully saturated rings. The summed E-state index contributed by atoms with van der Waals surface area (Å²) in [5.74, 6) is 0. The van der Waals surface area contributed by atoms with Crippen molar-refractivity contribution >= 4 is 6.47 Å². The van der Waals surface area contributed by atoms with Crippen LogP contribution >= 0.6 is 0 Å². The summed E-state index contributed by atoms with van der Waals surface area (Å²) in [6.45, 7) is 3.88. The fraction of sp³-hybridized carbons (Fsp3) is 0.143. The number of aromatic nitrogens is 2. The van der Waals surface area contributed by atoms with Gasteiger partial charge in [0.05, 0.1) is 6.33 Å². The molecule has 4 heteroatoms. The number of hydrogen-bond acceptors (Lipinski definition) is 3. The van der Waals surface area contributed by atoms with Gasteiger partial charge >= 0.3 is 0 Å². The van der Waals surface area contributed by atoms with Crippen molar-refractivity contribution in [1.29, 1.82) is 0 Å². The van der Waals surface area contributed by atoms with E-state index in [1.165, 1.54) is 6.08 Å². The molecule has 0 N–H and O–H groups in total. The molecule has 1 unspecified atom stereocenters. The molecule has 0 amide bonds. The van der Waals surface area contributed by atoms with Crippen molar-refractivity contribution < 1.29 is 9.53 Å². The standard InChI is InChI=1S/C7H8N2O2/c1-2-7(11-6-10)9-4-3-8-5-9/h2-7H,1H2. The minimum absolute atomic E-state index is 0.381. The van der Waals surface area contributed by atoms with E-state index in [1.54, 1.807) is 23.3 Å². The second kappa shape index (κ2) is 3.55. The van der Waals surface area contributed by atoms with Crippen molar-refractivity contribution in [2.75, 3.05) is 0 Å². The van der Waals surface area contributed by atoms with Crippen molar-refractivity contribution in [3.63, 3.8) is 0 Å². The smallest absolute Gasteiger partial charge is 0.295 e. The molecule has 0 aliphatic rings. The fourth-order valence-corrected chi connectivity index (χ4v) is 0.724. The zero-order valence-electron chi connectivity index (χ0n) is 5.88. The Bertz CT molecular complexity index is 231. The number of carbonyl (C=O) groups is 1. The van der Waals surface area contributed by atoms with Crippen LogP contribution in [-0.2, 0) is 9.53 Å². The fourth-order valence-electron chi connectivity index (χ4n) is 0.724. The molecule has 4 nitrogen and oxygen atoms in total. The van der Waals surface area contributed by atoms with Crippen molar-refractivity contribution in [2.45, 2.75) is 6.23 Å². The van der Waals surface area contributed by atoms with Gasteiger partial charge in [0.1, 0.15) is 0 Å². The van der Waals surface area contributed by atoms with E-state index >= 15 is 0 Å². The van der Waals surface area contributed by atoms with Crippen LogP contribution in [0.15, 0.2) is 31.4 Å². The van der Waals surface area contributed by atoms with Crippen LogP contribution in [0.2, 0.25) is 0 Å². The van der Waals surface area contributed by atoms with Gasteiger partial charge in [0, 0.05) is 12.4 Å². The minimum atomic E-state index is -0.449. The summed E-state index contributed by atoms with van der Waals surface area (Å²) in [6, 6.07) is 0. The maximum absolute atomic E-state index is 9.97. The second-order valence-corrected chi connectivity index (χ2v) is 1.87. The van der Waals surface area contributed by atoms with Crippen molar-refractivity contribution in [2.24, 2.45) is 0 Å². The van der Waals surface area contributed by atoms with Crippen LogP contribution < -0.4 is 0 Å². The molecule has 0 aliphatic heterocycles. The van der Waals surface area contributed by atoms with Crippen LogP contribution in [0, 0.1) is 0 Å². The molecule has 0 aromatic carbocycles. The highest BCUT2D eigenvalue weighted by Crippen LogP contribution is 2.06. The van der Waals surface area contributed by atoms with Gasteiger partial charge in [-0.05, 0) is 6.08 Å². The van der Waals surface area contributed by atoms with Crippen LogP contribution in [0.1, 0.15) is 6.23 Å². The summed E-state index contributed by atoms with van der Waals surface area (Å²) >= 11 is 0. The zero-order chi connectivity index (χ0) is 8.10. The van der Waals surface area contributed by atoms with Gasteiger partial charge < -0.3 is 4.74 Å². The topological polar surface area (TPSA) is 44.1 Å². The molecule has 0 aliphatic carbocycles. The second-order valence-electron chi connectivity index (χ2n) is 1.87. The quantitative estimate of drug-likeness (QED) is 0.472. The SMILES string of the molecule is C=CC(OC=O)n1ccnc1. The first kappa shape index (κ1) is 7.53. The van der Waals surface area contributed by atoms with E-state index in [9.17, 15) is 4.79 Å². The molecule has 11 heavy (non-hydrogen) atoms. The molecule has 0 bridgehead atoms. The molecular formula is C7H8N2O2. The highest BCUT2D eigenvalue weighted by molar-refractivity contribution is 5.37. The van der Waals surface area contributed by atoms with E-state index in [2.05, 4.69) is 16.3 Å². The summed E-state index contributed by atoms with van der Waals surface area (Å²) in [6.07, 6.45) is 5.90. The van der Waals surface area contributed by atoms with Crippen LogP contribution in [0.3, 0.4) is 0 Å². The Morgan fingerprint density at radius 3 is 3.00 bits per heavy atom. The Kier molecular flexibility index (Phi) is 2.43. The molecule has 58 valence electrons. The Balaban J connectivity index is 2.70. The number of hydrogen-bond donors (Lipinski definition) is 0. The Labute approximate surface area is 64.1 Å². The minimum Gasteiger partial charge on any atom is -0.440 e. The lowest BCUT2D eigenvalue weighted by Gasteiger charge is -2.10. The number of rotatable bonds is 4. The van der Waals surface area contributed by atoms with E-state index in [4.69, 9.17) is 0 Å². The lowest BCUT2D eigenvalue weighted by molar-refractivity contribution is -0.134. The molecule has 0 saturated carbocycles. The van der Waals surface area contributed by atoms with E-state index in [0.29, 0.717) is 6.47 Å². The molecule has 0 saturated heterocycles. The maximum Gasteiger partial charge on any atom is 0.295 e. The summed E-state index contributed by atoms with van der Waals surface area (Å²) in [5, 5.41) is 0. The molecular weight excluding hydrogens is 144 g/mol. The average molecular weight is 152 g/mol. The van der Waals surface area contributed by atoms with Crippen molar-refractivity contribution in [3.8, 4) is 0 Å². The first-order valence-corrected chi connectivity index (χ1v) is 3.07. The van der Waals surface area contributed by atoms with Crippen molar-refractivity contribution in [1.82, 2.24) is 9.55 Å².